The van der Waals surface area contributed by atoms with Gasteiger partial charge in [-0.05, 0) is 42.0 Å². The van der Waals surface area contributed by atoms with Gasteiger partial charge in [-0.2, -0.15) is 0 Å². The van der Waals surface area contributed by atoms with E-state index in [0.717, 1.165) is 22.6 Å². The first kappa shape index (κ1) is 12.3. The van der Waals surface area contributed by atoms with Crippen LogP contribution in [0.3, 0.4) is 0 Å². The number of hydrogen-bond acceptors (Lipinski definition) is 4. The highest BCUT2D eigenvalue weighted by Gasteiger charge is 2.08. The van der Waals surface area contributed by atoms with Crippen LogP contribution < -0.4 is 22.5 Å². The summed E-state index contributed by atoms with van der Waals surface area (Å²) < 4.78 is 0. The lowest BCUT2D eigenvalue weighted by Crippen LogP contribution is -2.20. The minimum Gasteiger partial charge on any atom is -0.399 e. The van der Waals surface area contributed by atoms with Crippen molar-refractivity contribution in [3.05, 3.63) is 54.1 Å². The van der Waals surface area contributed by atoms with Gasteiger partial charge in [0.25, 0.3) is 0 Å². The molecule has 0 heterocycles. The van der Waals surface area contributed by atoms with Crippen molar-refractivity contribution in [3.8, 4) is 0 Å². The first-order valence-corrected chi connectivity index (χ1v) is 5.86. The Morgan fingerprint density at radius 1 is 0.833 bits per heavy atom. The fraction of sp³-hybridized carbons (Fsp3) is 0.143. The molecule has 4 nitrogen and oxygen atoms in total. The fourth-order valence-electron chi connectivity index (χ4n) is 1.79. The van der Waals surface area contributed by atoms with E-state index in [1.165, 1.54) is 0 Å². The first-order chi connectivity index (χ1) is 8.69. The molecule has 0 aliphatic heterocycles. The highest BCUT2D eigenvalue weighted by atomic mass is 14.9. The normalized spacial score (nSPS) is 12.1. The van der Waals surface area contributed by atoms with Gasteiger partial charge in [0.05, 0.1) is 6.04 Å². The molecule has 7 N–H and O–H groups in total. The molecule has 0 aliphatic rings. The van der Waals surface area contributed by atoms with E-state index >= 15 is 0 Å². The Morgan fingerprint density at radius 3 is 1.83 bits per heavy atom. The smallest absolute Gasteiger partial charge is 0.0636 e. The Balaban J connectivity index is 2.14. The Hall–Kier alpha value is -2.20. The first-order valence-electron chi connectivity index (χ1n) is 5.86. The number of nitrogen functional groups attached to an aromatic ring is 2. The van der Waals surface area contributed by atoms with Crippen LogP contribution in [0.4, 0.5) is 17.1 Å². The van der Waals surface area contributed by atoms with Crippen molar-refractivity contribution in [1.29, 1.82) is 0 Å². The third kappa shape index (κ3) is 2.93. The van der Waals surface area contributed by atoms with Crippen LogP contribution in [0.2, 0.25) is 0 Å². The van der Waals surface area contributed by atoms with Crippen LogP contribution in [0.1, 0.15) is 11.6 Å². The van der Waals surface area contributed by atoms with E-state index in [9.17, 15) is 0 Å². The van der Waals surface area contributed by atoms with Crippen LogP contribution in [0.25, 0.3) is 0 Å². The number of anilines is 3. The second-order valence-electron chi connectivity index (χ2n) is 4.22. The van der Waals surface area contributed by atoms with Gasteiger partial charge >= 0.3 is 0 Å². The largest absolute Gasteiger partial charge is 0.399 e. The Labute approximate surface area is 107 Å². The molecule has 0 amide bonds. The highest BCUT2D eigenvalue weighted by Crippen LogP contribution is 2.20. The highest BCUT2D eigenvalue weighted by molar-refractivity contribution is 5.53. The summed E-state index contributed by atoms with van der Waals surface area (Å²) in [4.78, 5) is 0. The second-order valence-corrected chi connectivity index (χ2v) is 4.22. The van der Waals surface area contributed by atoms with Crippen molar-refractivity contribution >= 4 is 17.1 Å². The third-order valence-corrected chi connectivity index (χ3v) is 2.83. The van der Waals surface area contributed by atoms with E-state index in [0.29, 0.717) is 6.54 Å². The monoisotopic (exact) mass is 242 g/mol. The fourth-order valence-corrected chi connectivity index (χ4v) is 1.79. The number of nitrogens with one attached hydrogen (secondary N) is 1. The Morgan fingerprint density at radius 2 is 1.33 bits per heavy atom. The number of rotatable bonds is 4. The standard InChI is InChI=1S/C14H18N4/c15-9-14(10-1-3-11(16)4-2-10)18-13-7-5-12(17)6-8-13/h1-8,14,18H,9,15-17H2. The van der Waals surface area contributed by atoms with Gasteiger partial charge in [0, 0.05) is 23.6 Å². The maximum atomic E-state index is 5.80. The molecule has 1 atom stereocenters. The predicted molar refractivity (Wildman–Crippen MR) is 77.1 cm³/mol. The summed E-state index contributed by atoms with van der Waals surface area (Å²) in [6.07, 6.45) is 0. The van der Waals surface area contributed by atoms with E-state index in [1.54, 1.807) is 0 Å². The summed E-state index contributed by atoms with van der Waals surface area (Å²) in [5.41, 5.74) is 20.7. The van der Waals surface area contributed by atoms with Crippen LogP contribution in [0, 0.1) is 0 Å². The summed E-state index contributed by atoms with van der Waals surface area (Å²) in [5.74, 6) is 0. The molecule has 0 aromatic heterocycles. The lowest BCUT2D eigenvalue weighted by Gasteiger charge is -2.19. The van der Waals surface area contributed by atoms with Gasteiger partial charge in [0.15, 0.2) is 0 Å². The van der Waals surface area contributed by atoms with Gasteiger partial charge in [-0.15, -0.1) is 0 Å². The minimum atomic E-state index is 0.0641. The molecule has 0 saturated carbocycles. The molecule has 2 aromatic rings. The van der Waals surface area contributed by atoms with Crippen LogP contribution in [0.5, 0.6) is 0 Å². The van der Waals surface area contributed by atoms with Gasteiger partial charge in [-0.25, -0.2) is 0 Å². The molecule has 94 valence electrons. The zero-order valence-corrected chi connectivity index (χ0v) is 10.1. The lowest BCUT2D eigenvalue weighted by atomic mass is 10.1. The molecule has 0 saturated heterocycles. The van der Waals surface area contributed by atoms with Gasteiger partial charge in [0.2, 0.25) is 0 Å². The molecule has 4 heteroatoms. The molecular weight excluding hydrogens is 224 g/mol. The van der Waals surface area contributed by atoms with E-state index in [-0.39, 0.29) is 6.04 Å². The summed E-state index contributed by atoms with van der Waals surface area (Å²) in [7, 11) is 0. The van der Waals surface area contributed by atoms with E-state index < -0.39 is 0 Å². The van der Waals surface area contributed by atoms with Gasteiger partial charge < -0.3 is 22.5 Å². The van der Waals surface area contributed by atoms with E-state index in [2.05, 4.69) is 5.32 Å². The Kier molecular flexibility index (Phi) is 3.69. The summed E-state index contributed by atoms with van der Waals surface area (Å²) in [5, 5.41) is 3.37. The molecule has 2 aromatic carbocycles. The number of nitrogens with two attached hydrogens (primary N) is 3. The van der Waals surface area contributed by atoms with E-state index in [4.69, 9.17) is 17.2 Å². The molecule has 0 aliphatic carbocycles. The van der Waals surface area contributed by atoms with Gasteiger partial charge in [-0.1, -0.05) is 12.1 Å². The van der Waals surface area contributed by atoms with Crippen molar-refractivity contribution in [2.75, 3.05) is 23.3 Å². The lowest BCUT2D eigenvalue weighted by molar-refractivity contribution is 0.790. The van der Waals surface area contributed by atoms with Crippen molar-refractivity contribution in [2.24, 2.45) is 5.73 Å². The zero-order chi connectivity index (χ0) is 13.0. The van der Waals surface area contributed by atoms with Crippen molar-refractivity contribution in [2.45, 2.75) is 6.04 Å². The van der Waals surface area contributed by atoms with Crippen LogP contribution in [-0.2, 0) is 0 Å². The molecule has 0 bridgehead atoms. The van der Waals surface area contributed by atoms with Gasteiger partial charge in [-0.3, -0.25) is 0 Å². The summed E-state index contributed by atoms with van der Waals surface area (Å²) >= 11 is 0. The summed E-state index contributed by atoms with van der Waals surface area (Å²) in [6.45, 7) is 0.508. The molecular formula is C14H18N4. The molecule has 0 fully saturated rings. The topological polar surface area (TPSA) is 90.1 Å². The molecule has 1 unspecified atom stereocenters. The van der Waals surface area contributed by atoms with Gasteiger partial charge in [0.1, 0.15) is 0 Å². The van der Waals surface area contributed by atoms with Crippen molar-refractivity contribution in [3.63, 3.8) is 0 Å². The van der Waals surface area contributed by atoms with Crippen molar-refractivity contribution in [1.82, 2.24) is 0 Å². The SMILES string of the molecule is NCC(Nc1ccc(N)cc1)c1ccc(N)cc1. The van der Waals surface area contributed by atoms with E-state index in [1.807, 2.05) is 48.5 Å². The average molecular weight is 242 g/mol. The quantitative estimate of drug-likeness (QED) is 0.617. The second kappa shape index (κ2) is 5.42. The zero-order valence-electron chi connectivity index (χ0n) is 10.1. The molecule has 0 spiro atoms. The van der Waals surface area contributed by atoms with Crippen molar-refractivity contribution < 1.29 is 0 Å². The molecule has 0 radical (unpaired) electrons. The van der Waals surface area contributed by atoms with Crippen LogP contribution >= 0.6 is 0 Å². The third-order valence-electron chi connectivity index (χ3n) is 2.83. The van der Waals surface area contributed by atoms with Crippen LogP contribution in [-0.4, -0.2) is 6.54 Å². The Bertz CT molecular complexity index is 490. The van der Waals surface area contributed by atoms with Crippen LogP contribution in [0.15, 0.2) is 48.5 Å². The predicted octanol–water partition coefficient (Wildman–Crippen LogP) is 1.96. The minimum absolute atomic E-state index is 0.0641. The molecule has 18 heavy (non-hydrogen) atoms. The average Bonchev–Trinajstić information content (AvgIpc) is 2.39. The maximum absolute atomic E-state index is 5.80. The summed E-state index contributed by atoms with van der Waals surface area (Å²) in [6, 6.07) is 15.4. The molecule has 2 rings (SSSR count). The maximum Gasteiger partial charge on any atom is 0.0636 e. The number of hydrogen-bond donors (Lipinski definition) is 4. The number of benzene rings is 2.